The lowest BCUT2D eigenvalue weighted by Gasteiger charge is -2.35. The third-order valence-corrected chi connectivity index (χ3v) is 4.97. The van der Waals surface area contributed by atoms with Gasteiger partial charge in [0.25, 0.3) is 0 Å². The van der Waals surface area contributed by atoms with Crippen molar-refractivity contribution in [2.24, 2.45) is 0 Å². The van der Waals surface area contributed by atoms with Gasteiger partial charge >= 0.3 is 0 Å². The average Bonchev–Trinajstić information content (AvgIpc) is 2.80. The van der Waals surface area contributed by atoms with Crippen molar-refractivity contribution in [1.29, 1.82) is 0 Å². The summed E-state index contributed by atoms with van der Waals surface area (Å²) in [4.78, 5) is 0. The van der Waals surface area contributed by atoms with Crippen LogP contribution >= 0.6 is 0 Å². The summed E-state index contributed by atoms with van der Waals surface area (Å²) in [6.45, 7) is 15.6. The van der Waals surface area contributed by atoms with Gasteiger partial charge in [0, 0.05) is 19.6 Å². The van der Waals surface area contributed by atoms with Crippen molar-refractivity contribution in [3.05, 3.63) is 12.5 Å². The lowest BCUT2D eigenvalue weighted by Crippen LogP contribution is -2.48. The van der Waals surface area contributed by atoms with Gasteiger partial charge in [-0.25, -0.2) is 0 Å². The molecule has 32 heavy (non-hydrogen) atoms. The molecular formula is C23H46NO8+. The molecule has 0 aromatic carbocycles. The molecule has 1 aliphatic heterocycles. The number of nitrogens with zero attached hydrogens (tertiary/aromatic N) is 1. The zero-order valence-electron chi connectivity index (χ0n) is 20.3. The highest BCUT2D eigenvalue weighted by Gasteiger charge is 2.25. The topological polar surface area (TPSA) is 73.8 Å². The minimum absolute atomic E-state index is 0.536. The SMILES string of the molecule is CCOCCC[N+]1(C=COCCOCC)CCOCCOCCOCCOCCOCC1. The molecular weight excluding hydrogens is 418 g/mol. The molecule has 1 fully saturated rings. The maximum atomic E-state index is 5.85. The van der Waals surface area contributed by atoms with Crippen LogP contribution in [-0.2, 0) is 37.9 Å². The fourth-order valence-corrected chi connectivity index (χ4v) is 3.15. The second-order valence-corrected chi connectivity index (χ2v) is 7.35. The van der Waals surface area contributed by atoms with E-state index in [0.29, 0.717) is 90.4 Å². The maximum absolute atomic E-state index is 5.85. The normalized spacial score (nSPS) is 20.6. The highest BCUT2D eigenvalue weighted by atomic mass is 16.6. The van der Waals surface area contributed by atoms with Gasteiger partial charge in [0.05, 0.1) is 85.8 Å². The van der Waals surface area contributed by atoms with Gasteiger partial charge in [-0.05, 0) is 13.8 Å². The van der Waals surface area contributed by atoms with E-state index in [2.05, 4.69) is 6.20 Å². The fraction of sp³-hybridized carbons (Fsp3) is 0.913. The molecule has 0 bridgehead atoms. The molecule has 0 unspecified atom stereocenters. The quantitative estimate of drug-likeness (QED) is 0.261. The van der Waals surface area contributed by atoms with Gasteiger partial charge in [-0.3, -0.25) is 4.48 Å². The van der Waals surface area contributed by atoms with Crippen LogP contribution in [0.1, 0.15) is 20.3 Å². The lowest BCUT2D eigenvalue weighted by atomic mass is 10.3. The highest BCUT2D eigenvalue weighted by molar-refractivity contribution is 4.66. The Bertz CT molecular complexity index is 407. The zero-order valence-corrected chi connectivity index (χ0v) is 20.3. The number of ether oxygens (including phenoxy) is 8. The Morgan fingerprint density at radius 3 is 1.59 bits per heavy atom. The number of rotatable bonds is 11. The molecule has 1 heterocycles. The third-order valence-electron chi connectivity index (χ3n) is 4.97. The smallest absolute Gasteiger partial charge is 0.136 e. The van der Waals surface area contributed by atoms with Gasteiger partial charge in [0.15, 0.2) is 0 Å². The van der Waals surface area contributed by atoms with Gasteiger partial charge < -0.3 is 37.9 Å². The molecule has 1 rings (SSSR count). The minimum Gasteiger partial charge on any atom is -0.493 e. The minimum atomic E-state index is 0.536. The third kappa shape index (κ3) is 16.8. The largest absolute Gasteiger partial charge is 0.493 e. The Morgan fingerprint density at radius 2 is 1.09 bits per heavy atom. The van der Waals surface area contributed by atoms with Crippen LogP contribution in [0, 0.1) is 0 Å². The van der Waals surface area contributed by atoms with Gasteiger partial charge in [0.2, 0.25) is 0 Å². The Morgan fingerprint density at radius 1 is 0.625 bits per heavy atom. The van der Waals surface area contributed by atoms with Crippen molar-refractivity contribution in [1.82, 2.24) is 0 Å². The first kappa shape index (κ1) is 29.3. The summed E-state index contributed by atoms with van der Waals surface area (Å²) >= 11 is 0. The standard InChI is InChI=1S/C23H46NO8/c1-3-25-10-5-6-24(7-11-27-15-14-26-4-2)8-12-28-16-18-30-20-22-32-23-21-31-19-17-29-13-9-24/h7,11H,3-6,8-10,12-23H2,1-2H3/q+1. The maximum Gasteiger partial charge on any atom is 0.136 e. The number of hydrogen-bond acceptors (Lipinski definition) is 8. The average molecular weight is 465 g/mol. The molecule has 0 saturated carbocycles. The Hall–Kier alpha value is -0.780. The molecule has 0 aromatic rings. The van der Waals surface area contributed by atoms with Crippen molar-refractivity contribution in [2.75, 3.05) is 119 Å². The molecule has 1 aliphatic rings. The van der Waals surface area contributed by atoms with E-state index in [-0.39, 0.29) is 0 Å². The summed E-state index contributed by atoms with van der Waals surface area (Å²) in [5.41, 5.74) is 0. The predicted octanol–water partition coefficient (Wildman–Crippen LogP) is 1.85. The first-order valence-electron chi connectivity index (χ1n) is 12.0. The van der Waals surface area contributed by atoms with Crippen LogP contribution in [0.5, 0.6) is 0 Å². The number of quaternary nitrogens is 1. The van der Waals surface area contributed by atoms with Crippen LogP contribution in [0.25, 0.3) is 0 Å². The molecule has 0 amide bonds. The molecule has 0 atom stereocenters. The van der Waals surface area contributed by atoms with E-state index < -0.39 is 0 Å². The van der Waals surface area contributed by atoms with Crippen molar-refractivity contribution in [2.45, 2.75) is 20.3 Å². The molecule has 190 valence electrons. The highest BCUT2D eigenvalue weighted by Crippen LogP contribution is 2.12. The molecule has 9 heteroatoms. The molecule has 0 aromatic heterocycles. The van der Waals surface area contributed by atoms with Crippen LogP contribution < -0.4 is 0 Å². The monoisotopic (exact) mass is 464 g/mol. The molecule has 1 saturated heterocycles. The molecule has 9 nitrogen and oxygen atoms in total. The summed E-state index contributed by atoms with van der Waals surface area (Å²) in [5.74, 6) is 0. The first-order chi connectivity index (χ1) is 15.8. The van der Waals surface area contributed by atoms with Gasteiger partial charge in [0.1, 0.15) is 32.2 Å². The number of hydrogen-bond donors (Lipinski definition) is 0. The molecule has 0 radical (unpaired) electrons. The van der Waals surface area contributed by atoms with Crippen LogP contribution in [0.4, 0.5) is 0 Å². The van der Waals surface area contributed by atoms with Crippen LogP contribution in [0.3, 0.4) is 0 Å². The first-order valence-corrected chi connectivity index (χ1v) is 12.0. The van der Waals surface area contributed by atoms with Crippen LogP contribution in [-0.4, -0.2) is 123 Å². The summed E-state index contributed by atoms with van der Waals surface area (Å²) in [7, 11) is 0. The van der Waals surface area contributed by atoms with E-state index in [1.165, 1.54) is 0 Å². The van der Waals surface area contributed by atoms with E-state index in [1.807, 2.05) is 13.8 Å². The van der Waals surface area contributed by atoms with E-state index in [4.69, 9.17) is 37.9 Å². The molecule has 0 aliphatic carbocycles. The van der Waals surface area contributed by atoms with E-state index >= 15 is 0 Å². The Kier molecular flexibility index (Phi) is 20.1. The van der Waals surface area contributed by atoms with Crippen molar-refractivity contribution in [3.8, 4) is 0 Å². The second-order valence-electron chi connectivity index (χ2n) is 7.35. The summed E-state index contributed by atoms with van der Waals surface area (Å²) in [6.07, 6.45) is 4.86. The predicted molar refractivity (Wildman–Crippen MR) is 122 cm³/mol. The van der Waals surface area contributed by atoms with Gasteiger partial charge in [-0.15, -0.1) is 0 Å². The Balaban J connectivity index is 2.66. The summed E-state index contributed by atoms with van der Waals surface area (Å²) in [6, 6.07) is 0. The summed E-state index contributed by atoms with van der Waals surface area (Å²) < 4.78 is 45.6. The lowest BCUT2D eigenvalue weighted by molar-refractivity contribution is -0.881. The van der Waals surface area contributed by atoms with Crippen molar-refractivity contribution >= 4 is 0 Å². The zero-order chi connectivity index (χ0) is 23.0. The van der Waals surface area contributed by atoms with Crippen LogP contribution in [0.15, 0.2) is 12.5 Å². The van der Waals surface area contributed by atoms with E-state index in [0.717, 1.165) is 39.3 Å². The van der Waals surface area contributed by atoms with Gasteiger partial charge in [-0.1, -0.05) is 0 Å². The van der Waals surface area contributed by atoms with E-state index in [1.54, 1.807) is 6.26 Å². The molecule has 0 spiro atoms. The van der Waals surface area contributed by atoms with Gasteiger partial charge in [-0.2, -0.15) is 0 Å². The molecule has 0 N–H and O–H groups in total. The van der Waals surface area contributed by atoms with Crippen molar-refractivity contribution in [3.63, 3.8) is 0 Å². The second kappa shape index (κ2) is 22.0. The van der Waals surface area contributed by atoms with Crippen LogP contribution in [0.2, 0.25) is 0 Å². The fourth-order valence-electron chi connectivity index (χ4n) is 3.15. The summed E-state index contributed by atoms with van der Waals surface area (Å²) in [5, 5.41) is 0. The van der Waals surface area contributed by atoms with Crippen molar-refractivity contribution < 1.29 is 42.4 Å². The van der Waals surface area contributed by atoms with E-state index in [9.17, 15) is 0 Å². The Labute approximate surface area is 194 Å².